The first-order chi connectivity index (χ1) is 6.70. The molecular weight excluding hydrogens is 250 g/mol. The summed E-state index contributed by atoms with van der Waals surface area (Å²) in [5.41, 5.74) is 2.90. The van der Waals surface area contributed by atoms with E-state index in [9.17, 15) is 0 Å². The highest BCUT2D eigenvalue weighted by Crippen LogP contribution is 2.26. The number of para-hydroxylation sites is 1. The average molecular weight is 272 g/mol. The summed E-state index contributed by atoms with van der Waals surface area (Å²) < 4.78 is 1.10. The largest absolute Gasteiger partial charge is 1.00 e. The molecule has 1 rings (SSSR count). The second kappa shape index (κ2) is 6.29. The Morgan fingerprint density at radius 3 is 1.80 bits per heavy atom. The van der Waals surface area contributed by atoms with Crippen LogP contribution in [0.3, 0.4) is 0 Å². The molecule has 0 aromatic heterocycles. The highest BCUT2D eigenvalue weighted by molar-refractivity contribution is 5.49. The fraction of sp³-hybridized carbons (Fsp3) is 0.538. The first-order valence-corrected chi connectivity index (χ1v) is 5.62. The molecule has 0 unspecified atom stereocenters. The number of aryl methyl sites for hydroxylation is 1. The Balaban J connectivity index is 0.00000196. The summed E-state index contributed by atoms with van der Waals surface area (Å²) in [4.78, 5) is 0. The standard InChI is InChI=1S/C13H22N.BrH/c1-5-14(6-2,7-3)13-11-9-8-10-12(13)4;/h8-11H,5-7H2,1-4H3;1H/q+1;/p-1. The van der Waals surface area contributed by atoms with Gasteiger partial charge in [0.25, 0.3) is 0 Å². The van der Waals surface area contributed by atoms with E-state index in [-0.39, 0.29) is 17.0 Å². The molecule has 1 aromatic rings. The van der Waals surface area contributed by atoms with Crippen molar-refractivity contribution in [1.82, 2.24) is 4.48 Å². The predicted octanol–water partition coefficient (Wildman–Crippen LogP) is 0.366. The van der Waals surface area contributed by atoms with E-state index >= 15 is 0 Å². The monoisotopic (exact) mass is 271 g/mol. The van der Waals surface area contributed by atoms with Gasteiger partial charge in [0.1, 0.15) is 5.69 Å². The molecule has 0 amide bonds. The van der Waals surface area contributed by atoms with Crippen molar-refractivity contribution in [3.05, 3.63) is 29.8 Å². The first-order valence-electron chi connectivity index (χ1n) is 5.62. The summed E-state index contributed by atoms with van der Waals surface area (Å²) in [6.45, 7) is 12.6. The Kier molecular flexibility index (Phi) is 6.15. The molecule has 0 spiro atoms. The lowest BCUT2D eigenvalue weighted by Gasteiger charge is -2.36. The van der Waals surface area contributed by atoms with Gasteiger partial charge in [0.05, 0.1) is 19.6 Å². The highest BCUT2D eigenvalue weighted by atomic mass is 79.9. The zero-order chi connectivity index (χ0) is 10.6. The predicted molar refractivity (Wildman–Crippen MR) is 64.6 cm³/mol. The molecule has 0 aliphatic carbocycles. The Labute approximate surface area is 104 Å². The topological polar surface area (TPSA) is 0 Å². The molecule has 0 aliphatic rings. The van der Waals surface area contributed by atoms with Crippen LogP contribution in [0.5, 0.6) is 0 Å². The lowest BCUT2D eigenvalue weighted by molar-refractivity contribution is -0.00000313. The van der Waals surface area contributed by atoms with Gasteiger partial charge >= 0.3 is 0 Å². The highest BCUT2D eigenvalue weighted by Gasteiger charge is 2.25. The first kappa shape index (κ1) is 14.7. The van der Waals surface area contributed by atoms with E-state index in [2.05, 4.69) is 52.0 Å². The number of quaternary nitrogens is 1. The number of benzene rings is 1. The SMILES string of the molecule is CC[N+](CC)(CC)c1ccccc1C.[Br-]. The summed E-state index contributed by atoms with van der Waals surface area (Å²) in [6.07, 6.45) is 0. The van der Waals surface area contributed by atoms with Crippen molar-refractivity contribution in [3.8, 4) is 0 Å². The van der Waals surface area contributed by atoms with Crippen LogP contribution >= 0.6 is 0 Å². The molecule has 0 fully saturated rings. The zero-order valence-electron chi connectivity index (χ0n) is 10.3. The second-order valence-electron chi connectivity index (χ2n) is 3.88. The fourth-order valence-electron chi connectivity index (χ4n) is 2.28. The number of halogens is 1. The minimum Gasteiger partial charge on any atom is -1.00 e. The molecule has 0 heterocycles. The Bertz CT molecular complexity index is 284. The normalized spacial score (nSPS) is 10.9. The molecule has 2 heteroatoms. The van der Waals surface area contributed by atoms with Crippen LogP contribution in [0.15, 0.2) is 24.3 Å². The van der Waals surface area contributed by atoms with Crippen LogP contribution < -0.4 is 21.5 Å². The van der Waals surface area contributed by atoms with Crippen molar-refractivity contribution in [2.24, 2.45) is 0 Å². The third kappa shape index (κ3) is 2.82. The van der Waals surface area contributed by atoms with Crippen LogP contribution in [0.2, 0.25) is 0 Å². The number of rotatable bonds is 4. The van der Waals surface area contributed by atoms with Crippen LogP contribution in [0, 0.1) is 6.92 Å². The van der Waals surface area contributed by atoms with Gasteiger partial charge in [0.15, 0.2) is 0 Å². The van der Waals surface area contributed by atoms with Gasteiger partial charge in [-0.05, 0) is 33.8 Å². The van der Waals surface area contributed by atoms with Gasteiger partial charge in [0, 0.05) is 5.56 Å². The number of hydrogen-bond donors (Lipinski definition) is 0. The Morgan fingerprint density at radius 1 is 0.933 bits per heavy atom. The van der Waals surface area contributed by atoms with E-state index in [0.29, 0.717) is 0 Å². The molecule has 86 valence electrons. The van der Waals surface area contributed by atoms with Crippen molar-refractivity contribution < 1.29 is 17.0 Å². The van der Waals surface area contributed by atoms with Crippen LogP contribution in [-0.4, -0.2) is 19.6 Å². The smallest absolute Gasteiger partial charge is 0.135 e. The molecule has 0 N–H and O–H groups in total. The van der Waals surface area contributed by atoms with Crippen LogP contribution in [-0.2, 0) is 0 Å². The molecule has 0 saturated heterocycles. The molecule has 0 atom stereocenters. The quantitative estimate of drug-likeness (QED) is 0.695. The molecule has 0 saturated carbocycles. The van der Waals surface area contributed by atoms with Crippen LogP contribution in [0.4, 0.5) is 5.69 Å². The van der Waals surface area contributed by atoms with Gasteiger partial charge in [-0.1, -0.05) is 18.2 Å². The van der Waals surface area contributed by atoms with E-state index in [1.165, 1.54) is 30.9 Å². The maximum Gasteiger partial charge on any atom is 0.135 e. The molecule has 15 heavy (non-hydrogen) atoms. The minimum atomic E-state index is 0. The minimum absolute atomic E-state index is 0. The van der Waals surface area contributed by atoms with E-state index in [0.717, 1.165) is 4.48 Å². The second-order valence-corrected chi connectivity index (χ2v) is 3.88. The summed E-state index contributed by atoms with van der Waals surface area (Å²) in [5.74, 6) is 0. The number of hydrogen-bond acceptors (Lipinski definition) is 0. The maximum absolute atomic E-state index is 2.28. The molecule has 0 radical (unpaired) electrons. The Hall–Kier alpha value is -0.340. The average Bonchev–Trinajstić information content (AvgIpc) is 2.24. The lowest BCUT2D eigenvalue weighted by Crippen LogP contribution is -3.00. The lowest BCUT2D eigenvalue weighted by atomic mass is 10.1. The van der Waals surface area contributed by atoms with Gasteiger partial charge < -0.3 is 17.0 Å². The van der Waals surface area contributed by atoms with Crippen molar-refractivity contribution in [2.45, 2.75) is 27.7 Å². The van der Waals surface area contributed by atoms with Gasteiger partial charge in [-0.25, -0.2) is 0 Å². The summed E-state index contributed by atoms with van der Waals surface area (Å²) in [7, 11) is 0. The molecule has 0 aliphatic heterocycles. The molecule has 1 nitrogen and oxygen atoms in total. The molecule has 1 aromatic carbocycles. The van der Waals surface area contributed by atoms with Gasteiger partial charge in [-0.3, -0.25) is 4.48 Å². The maximum atomic E-state index is 2.28. The van der Waals surface area contributed by atoms with Crippen molar-refractivity contribution in [2.75, 3.05) is 19.6 Å². The van der Waals surface area contributed by atoms with Crippen molar-refractivity contribution in [1.29, 1.82) is 0 Å². The van der Waals surface area contributed by atoms with E-state index in [4.69, 9.17) is 0 Å². The third-order valence-corrected chi connectivity index (χ3v) is 3.44. The Morgan fingerprint density at radius 2 is 1.40 bits per heavy atom. The fourth-order valence-corrected chi connectivity index (χ4v) is 2.28. The molecular formula is C13H22BrN. The third-order valence-electron chi connectivity index (χ3n) is 3.44. The van der Waals surface area contributed by atoms with Crippen LogP contribution in [0.1, 0.15) is 26.3 Å². The number of nitrogens with zero attached hydrogens (tertiary/aromatic N) is 1. The zero-order valence-corrected chi connectivity index (χ0v) is 11.8. The summed E-state index contributed by atoms with van der Waals surface area (Å²) in [5, 5.41) is 0. The summed E-state index contributed by atoms with van der Waals surface area (Å²) in [6, 6.07) is 8.75. The van der Waals surface area contributed by atoms with Crippen LogP contribution in [0.25, 0.3) is 0 Å². The van der Waals surface area contributed by atoms with Crippen molar-refractivity contribution in [3.63, 3.8) is 0 Å². The van der Waals surface area contributed by atoms with E-state index < -0.39 is 0 Å². The van der Waals surface area contributed by atoms with Gasteiger partial charge in [0.2, 0.25) is 0 Å². The summed E-state index contributed by atoms with van der Waals surface area (Å²) >= 11 is 0. The van der Waals surface area contributed by atoms with Crippen molar-refractivity contribution >= 4 is 5.69 Å². The van der Waals surface area contributed by atoms with E-state index in [1.807, 2.05) is 0 Å². The van der Waals surface area contributed by atoms with E-state index in [1.54, 1.807) is 0 Å². The molecule has 0 bridgehead atoms. The van der Waals surface area contributed by atoms with Gasteiger partial charge in [-0.15, -0.1) is 0 Å². The van der Waals surface area contributed by atoms with Gasteiger partial charge in [-0.2, -0.15) is 0 Å².